The summed E-state index contributed by atoms with van der Waals surface area (Å²) in [6, 6.07) is 18.6. The highest BCUT2D eigenvalue weighted by Crippen LogP contribution is 2.27. The molecular formula is C25H28N2O3. The number of aromatic nitrogens is 1. The van der Waals surface area contributed by atoms with Crippen molar-refractivity contribution < 1.29 is 14.6 Å². The summed E-state index contributed by atoms with van der Waals surface area (Å²) in [5.41, 5.74) is 3.25. The Kier molecular flexibility index (Phi) is 5.67. The van der Waals surface area contributed by atoms with Gasteiger partial charge in [0.05, 0.1) is 11.6 Å². The van der Waals surface area contributed by atoms with Gasteiger partial charge in [0.25, 0.3) is 0 Å². The lowest BCUT2D eigenvalue weighted by atomic mass is 10.0. The van der Waals surface area contributed by atoms with E-state index >= 15 is 0 Å². The van der Waals surface area contributed by atoms with Crippen LogP contribution >= 0.6 is 0 Å². The van der Waals surface area contributed by atoms with Gasteiger partial charge in [-0.25, -0.2) is 0 Å². The zero-order valence-corrected chi connectivity index (χ0v) is 17.1. The molecule has 1 N–H and O–H groups in total. The maximum Gasteiger partial charge on any atom is 0.133 e. The minimum absolute atomic E-state index is 0.0281. The number of rotatable bonds is 5. The number of piperidine rings is 1. The predicted molar refractivity (Wildman–Crippen MR) is 117 cm³/mol. The van der Waals surface area contributed by atoms with Crippen molar-refractivity contribution >= 4 is 10.9 Å². The zero-order chi connectivity index (χ0) is 20.3. The van der Waals surface area contributed by atoms with Crippen LogP contribution in [0, 0.1) is 0 Å². The number of ether oxygens (including phenoxy) is 2. The monoisotopic (exact) mass is 404 g/mol. The Labute approximate surface area is 177 Å². The highest BCUT2D eigenvalue weighted by atomic mass is 16.5. The largest absolute Gasteiger partial charge is 0.490 e. The van der Waals surface area contributed by atoms with E-state index in [-0.39, 0.29) is 12.2 Å². The van der Waals surface area contributed by atoms with E-state index in [1.807, 2.05) is 36.5 Å². The first kappa shape index (κ1) is 19.5. The molecule has 2 aliphatic rings. The van der Waals surface area contributed by atoms with Crippen molar-refractivity contribution in [2.45, 2.75) is 44.1 Å². The van der Waals surface area contributed by atoms with Gasteiger partial charge in [0, 0.05) is 36.8 Å². The van der Waals surface area contributed by atoms with Crippen LogP contribution in [0.2, 0.25) is 0 Å². The molecule has 30 heavy (non-hydrogen) atoms. The Balaban J connectivity index is 1.18. The van der Waals surface area contributed by atoms with Crippen LogP contribution in [-0.2, 0) is 4.74 Å². The summed E-state index contributed by atoms with van der Waals surface area (Å²) in [5, 5.41) is 11.7. The number of para-hydroxylation sites is 1. The molecule has 3 aromatic rings. The normalized spacial score (nSPS) is 21.7. The van der Waals surface area contributed by atoms with Gasteiger partial charge in [0.15, 0.2) is 0 Å². The summed E-state index contributed by atoms with van der Waals surface area (Å²) in [5.74, 6) is 0.894. The summed E-state index contributed by atoms with van der Waals surface area (Å²) < 4.78 is 11.8. The van der Waals surface area contributed by atoms with Crippen LogP contribution in [-0.4, -0.2) is 53.1 Å². The van der Waals surface area contributed by atoms with Gasteiger partial charge in [-0.15, -0.1) is 0 Å². The van der Waals surface area contributed by atoms with Gasteiger partial charge >= 0.3 is 0 Å². The van der Waals surface area contributed by atoms with Crippen molar-refractivity contribution in [3.8, 4) is 16.9 Å². The molecule has 2 aromatic carbocycles. The fourth-order valence-corrected chi connectivity index (χ4v) is 4.48. The molecule has 0 saturated carbocycles. The SMILES string of the molecule is OC([C@H]1CCCO1)N1CCC(Oc2ccc(-c3cnc4ccccc4c3)cc2)CC1. The molecule has 2 fully saturated rings. The summed E-state index contributed by atoms with van der Waals surface area (Å²) in [6.45, 7) is 2.45. The average Bonchev–Trinajstić information content (AvgIpc) is 3.34. The Bertz CT molecular complexity index is 977. The van der Waals surface area contributed by atoms with Crippen molar-refractivity contribution in [1.29, 1.82) is 0 Å². The van der Waals surface area contributed by atoms with Gasteiger partial charge in [0.2, 0.25) is 0 Å². The van der Waals surface area contributed by atoms with E-state index in [0.717, 1.165) is 73.2 Å². The molecule has 3 heterocycles. The quantitative estimate of drug-likeness (QED) is 0.689. The number of aliphatic hydroxyl groups is 1. The van der Waals surface area contributed by atoms with Crippen LogP contribution in [0.1, 0.15) is 25.7 Å². The van der Waals surface area contributed by atoms with Crippen molar-refractivity contribution in [2.75, 3.05) is 19.7 Å². The van der Waals surface area contributed by atoms with Crippen molar-refractivity contribution in [1.82, 2.24) is 9.88 Å². The molecule has 5 nitrogen and oxygen atoms in total. The van der Waals surface area contributed by atoms with Gasteiger partial charge < -0.3 is 14.6 Å². The van der Waals surface area contributed by atoms with Gasteiger partial charge in [-0.2, -0.15) is 0 Å². The number of pyridine rings is 1. The first-order chi connectivity index (χ1) is 14.8. The fraction of sp³-hybridized carbons (Fsp3) is 0.400. The van der Waals surface area contributed by atoms with Gasteiger partial charge in [-0.05, 0) is 55.5 Å². The van der Waals surface area contributed by atoms with Crippen LogP contribution in [0.4, 0.5) is 0 Å². The summed E-state index contributed by atoms with van der Waals surface area (Å²) >= 11 is 0. The number of nitrogens with zero attached hydrogens (tertiary/aromatic N) is 2. The Morgan fingerprint density at radius 1 is 1.00 bits per heavy atom. The van der Waals surface area contributed by atoms with E-state index in [4.69, 9.17) is 9.47 Å². The van der Waals surface area contributed by atoms with E-state index in [2.05, 4.69) is 34.1 Å². The molecule has 2 aliphatic heterocycles. The highest BCUT2D eigenvalue weighted by molar-refractivity contribution is 5.83. The summed E-state index contributed by atoms with van der Waals surface area (Å²) in [6.07, 6.45) is 5.44. The minimum Gasteiger partial charge on any atom is -0.490 e. The third-order valence-electron chi connectivity index (χ3n) is 6.23. The van der Waals surface area contributed by atoms with Crippen LogP contribution in [0.3, 0.4) is 0 Å². The second-order valence-electron chi connectivity index (χ2n) is 8.26. The molecule has 0 aliphatic carbocycles. The Morgan fingerprint density at radius 3 is 2.57 bits per heavy atom. The lowest BCUT2D eigenvalue weighted by molar-refractivity contribution is -0.104. The van der Waals surface area contributed by atoms with Crippen LogP contribution in [0.15, 0.2) is 60.8 Å². The topological polar surface area (TPSA) is 54.8 Å². The van der Waals surface area contributed by atoms with E-state index in [9.17, 15) is 5.11 Å². The van der Waals surface area contributed by atoms with Gasteiger partial charge in [-0.1, -0.05) is 30.3 Å². The molecular weight excluding hydrogens is 376 g/mol. The third-order valence-corrected chi connectivity index (χ3v) is 6.23. The third kappa shape index (κ3) is 4.19. The molecule has 1 aromatic heterocycles. The number of benzene rings is 2. The Morgan fingerprint density at radius 2 is 1.80 bits per heavy atom. The van der Waals surface area contributed by atoms with Gasteiger partial charge in [0.1, 0.15) is 18.1 Å². The summed E-state index contributed by atoms with van der Waals surface area (Å²) in [4.78, 5) is 6.69. The van der Waals surface area contributed by atoms with E-state index in [1.165, 1.54) is 0 Å². The van der Waals surface area contributed by atoms with E-state index < -0.39 is 6.23 Å². The molecule has 0 spiro atoms. The predicted octanol–water partition coefficient (Wildman–Crippen LogP) is 4.24. The second kappa shape index (κ2) is 8.72. The van der Waals surface area contributed by atoms with Crippen molar-refractivity contribution in [3.05, 3.63) is 60.8 Å². The summed E-state index contributed by atoms with van der Waals surface area (Å²) in [7, 11) is 0. The molecule has 0 amide bonds. The zero-order valence-electron chi connectivity index (χ0n) is 17.1. The van der Waals surface area contributed by atoms with Gasteiger partial charge in [-0.3, -0.25) is 9.88 Å². The molecule has 156 valence electrons. The van der Waals surface area contributed by atoms with Crippen LogP contribution in [0.25, 0.3) is 22.0 Å². The molecule has 1 unspecified atom stereocenters. The average molecular weight is 405 g/mol. The first-order valence-electron chi connectivity index (χ1n) is 10.9. The first-order valence-corrected chi connectivity index (χ1v) is 10.9. The molecule has 0 radical (unpaired) electrons. The maximum absolute atomic E-state index is 10.5. The lowest BCUT2D eigenvalue weighted by Crippen LogP contribution is -2.48. The number of likely N-dealkylation sites (tertiary alicyclic amines) is 1. The number of hydrogen-bond acceptors (Lipinski definition) is 5. The number of hydrogen-bond donors (Lipinski definition) is 1. The second-order valence-corrected chi connectivity index (χ2v) is 8.26. The standard InChI is InChI=1S/C25H28N2O3/c28-25(24-6-3-15-29-24)27-13-11-22(12-14-27)30-21-9-7-18(8-10-21)20-16-19-4-1-2-5-23(19)26-17-20/h1-2,4-5,7-10,16-17,22,24-25,28H,3,6,11-15H2/t24-,25?/m1/s1. The van der Waals surface area contributed by atoms with Crippen LogP contribution in [0.5, 0.6) is 5.75 Å². The number of aliphatic hydroxyl groups excluding tert-OH is 1. The number of fused-ring (bicyclic) bond motifs is 1. The van der Waals surface area contributed by atoms with Crippen LogP contribution < -0.4 is 4.74 Å². The molecule has 2 saturated heterocycles. The molecule has 0 bridgehead atoms. The minimum atomic E-state index is -0.483. The Hall–Kier alpha value is -2.47. The fourth-order valence-electron chi connectivity index (χ4n) is 4.48. The molecule has 2 atom stereocenters. The lowest BCUT2D eigenvalue weighted by Gasteiger charge is -2.36. The molecule has 5 rings (SSSR count). The van der Waals surface area contributed by atoms with Crippen molar-refractivity contribution in [3.63, 3.8) is 0 Å². The van der Waals surface area contributed by atoms with E-state index in [1.54, 1.807) is 0 Å². The van der Waals surface area contributed by atoms with Crippen molar-refractivity contribution in [2.24, 2.45) is 0 Å². The maximum atomic E-state index is 10.5. The molecule has 5 heteroatoms. The van der Waals surface area contributed by atoms with E-state index in [0.29, 0.717) is 0 Å². The highest BCUT2D eigenvalue weighted by Gasteiger charge is 2.32. The smallest absolute Gasteiger partial charge is 0.133 e.